The molecule has 6 heteroatoms. The third-order valence-corrected chi connectivity index (χ3v) is 6.09. The van der Waals surface area contributed by atoms with E-state index in [0.717, 1.165) is 32.4 Å². The molecule has 0 bridgehead atoms. The van der Waals surface area contributed by atoms with Gasteiger partial charge >= 0.3 is 12.1 Å². The van der Waals surface area contributed by atoms with Gasteiger partial charge in [-0.05, 0) is 52.5 Å². The van der Waals surface area contributed by atoms with Gasteiger partial charge in [0, 0.05) is 37.6 Å². The van der Waals surface area contributed by atoms with Crippen LogP contribution < -0.4 is 0 Å². The van der Waals surface area contributed by atoms with Crippen LogP contribution in [0.4, 0.5) is 4.79 Å². The number of hydrogen-bond donors (Lipinski definition) is 1. The van der Waals surface area contributed by atoms with E-state index in [1.807, 2.05) is 43.9 Å². The summed E-state index contributed by atoms with van der Waals surface area (Å²) in [4.78, 5) is 28.2. The normalized spacial score (nSPS) is 22.8. The number of amides is 1. The lowest BCUT2D eigenvalue weighted by molar-refractivity contribution is -0.137. The maximum atomic E-state index is 13.2. The Morgan fingerprint density at radius 2 is 1.84 bits per heavy atom. The Bertz CT molecular complexity index is 791. The van der Waals surface area contributed by atoms with Crippen molar-refractivity contribution in [2.75, 3.05) is 19.6 Å². The summed E-state index contributed by atoms with van der Waals surface area (Å²) in [6.45, 7) is 10.1. The van der Waals surface area contributed by atoms with E-state index in [-0.39, 0.29) is 24.6 Å². The lowest BCUT2D eigenvalue weighted by Crippen LogP contribution is -2.50. The fraction of sp³-hybridized carbons (Fsp3) is 0.600. The Labute approximate surface area is 185 Å². The number of rotatable bonds is 7. The summed E-state index contributed by atoms with van der Waals surface area (Å²) in [5.41, 5.74) is 1.95. The largest absolute Gasteiger partial charge is 0.481 e. The van der Waals surface area contributed by atoms with Gasteiger partial charge in [0.15, 0.2) is 0 Å². The van der Waals surface area contributed by atoms with Crippen LogP contribution in [0.1, 0.15) is 58.9 Å². The number of carbonyl (C=O) groups excluding carboxylic acids is 1. The first-order valence-corrected chi connectivity index (χ1v) is 11.3. The highest BCUT2D eigenvalue weighted by molar-refractivity contribution is 5.70. The van der Waals surface area contributed by atoms with Crippen LogP contribution >= 0.6 is 0 Å². The molecule has 3 rings (SSSR count). The number of carbonyl (C=O) groups is 2. The lowest BCUT2D eigenvalue weighted by atomic mass is 10.0. The molecule has 1 aliphatic carbocycles. The van der Waals surface area contributed by atoms with Gasteiger partial charge in [0.25, 0.3) is 0 Å². The van der Waals surface area contributed by atoms with Gasteiger partial charge in [-0.15, -0.1) is 0 Å². The van der Waals surface area contributed by atoms with E-state index in [4.69, 9.17) is 9.84 Å². The number of likely N-dealkylation sites (tertiary alicyclic amines) is 1. The summed E-state index contributed by atoms with van der Waals surface area (Å²) < 4.78 is 5.78. The molecule has 1 aliphatic heterocycles. The fourth-order valence-electron chi connectivity index (χ4n) is 4.44. The first-order chi connectivity index (χ1) is 14.6. The highest BCUT2D eigenvalue weighted by atomic mass is 16.6. The third-order valence-electron chi connectivity index (χ3n) is 6.09. The molecule has 2 aliphatic rings. The Hall–Kier alpha value is -2.34. The molecule has 0 radical (unpaired) electrons. The quantitative estimate of drug-likeness (QED) is 0.684. The number of carboxylic acid groups (broad SMARTS) is 1. The van der Waals surface area contributed by atoms with Crippen LogP contribution in [-0.4, -0.2) is 64.3 Å². The van der Waals surface area contributed by atoms with E-state index in [1.165, 1.54) is 11.1 Å². The smallest absolute Gasteiger partial charge is 0.410 e. The van der Waals surface area contributed by atoms with Crippen molar-refractivity contribution in [3.8, 4) is 0 Å². The highest BCUT2D eigenvalue weighted by Crippen LogP contribution is 2.44. The van der Waals surface area contributed by atoms with Gasteiger partial charge in [-0.1, -0.05) is 42.0 Å². The van der Waals surface area contributed by atoms with Crippen molar-refractivity contribution in [2.45, 2.75) is 71.1 Å². The van der Waals surface area contributed by atoms with E-state index in [1.54, 1.807) is 0 Å². The number of carboxylic acids is 1. The molecular formula is C25H36N2O4. The first kappa shape index (κ1) is 23.3. The summed E-state index contributed by atoms with van der Waals surface area (Å²) in [6.07, 6.45) is 4.82. The Morgan fingerprint density at radius 1 is 1.19 bits per heavy atom. The van der Waals surface area contributed by atoms with E-state index in [0.29, 0.717) is 12.5 Å². The SMILES string of the molecule is CC(=Cc1ccccc1)[C@@H]1C[C@H]1N(C(=O)OC(C)(C)C)C1CCN(CCC(=O)O)CC1. The molecule has 1 N–H and O–H groups in total. The number of benzene rings is 1. The van der Waals surface area contributed by atoms with Crippen LogP contribution in [-0.2, 0) is 9.53 Å². The Kier molecular flexibility index (Phi) is 7.42. The number of aliphatic carboxylic acids is 1. The van der Waals surface area contributed by atoms with Crippen molar-refractivity contribution in [2.24, 2.45) is 5.92 Å². The zero-order valence-electron chi connectivity index (χ0n) is 19.2. The minimum absolute atomic E-state index is 0.135. The molecule has 31 heavy (non-hydrogen) atoms. The highest BCUT2D eigenvalue weighted by Gasteiger charge is 2.48. The average molecular weight is 429 g/mol. The summed E-state index contributed by atoms with van der Waals surface area (Å²) in [5, 5.41) is 8.93. The summed E-state index contributed by atoms with van der Waals surface area (Å²) in [5.74, 6) is -0.406. The zero-order valence-corrected chi connectivity index (χ0v) is 19.2. The van der Waals surface area contributed by atoms with Crippen molar-refractivity contribution < 1.29 is 19.4 Å². The molecule has 6 nitrogen and oxygen atoms in total. The molecular weight excluding hydrogens is 392 g/mol. The van der Waals surface area contributed by atoms with Crippen molar-refractivity contribution in [1.29, 1.82) is 0 Å². The van der Waals surface area contributed by atoms with Crippen molar-refractivity contribution in [1.82, 2.24) is 9.80 Å². The van der Waals surface area contributed by atoms with Crippen LogP contribution in [0.2, 0.25) is 0 Å². The zero-order chi connectivity index (χ0) is 22.6. The molecule has 0 aromatic heterocycles. The van der Waals surface area contributed by atoms with Crippen LogP contribution in [0, 0.1) is 5.92 Å². The fourth-order valence-corrected chi connectivity index (χ4v) is 4.44. The van der Waals surface area contributed by atoms with Crippen LogP contribution in [0.25, 0.3) is 6.08 Å². The standard InChI is InChI=1S/C25H36N2O4/c1-18(16-19-8-6-5-7-9-19)21-17-22(21)27(24(30)31-25(2,3)4)20-10-13-26(14-11-20)15-12-23(28)29/h5-9,16,20-22H,10-15,17H2,1-4H3,(H,28,29)/t21-,22+/m0/s1. The number of nitrogens with zero attached hydrogens (tertiary/aromatic N) is 2. The molecule has 0 spiro atoms. The Morgan fingerprint density at radius 3 is 2.42 bits per heavy atom. The molecule has 2 fully saturated rings. The van der Waals surface area contributed by atoms with Gasteiger partial charge in [-0.2, -0.15) is 0 Å². The molecule has 170 valence electrons. The molecule has 2 atom stereocenters. The van der Waals surface area contributed by atoms with Gasteiger partial charge in [-0.3, -0.25) is 4.79 Å². The molecule has 1 amide bonds. The maximum absolute atomic E-state index is 13.2. The van der Waals surface area contributed by atoms with Crippen molar-refractivity contribution in [3.63, 3.8) is 0 Å². The second-order valence-electron chi connectivity index (χ2n) is 9.81. The monoisotopic (exact) mass is 428 g/mol. The topological polar surface area (TPSA) is 70.1 Å². The van der Waals surface area contributed by atoms with Gasteiger partial charge in [0.1, 0.15) is 5.60 Å². The van der Waals surface area contributed by atoms with Crippen LogP contribution in [0.15, 0.2) is 35.9 Å². The summed E-state index contributed by atoms with van der Waals surface area (Å²) >= 11 is 0. The first-order valence-electron chi connectivity index (χ1n) is 11.3. The van der Waals surface area contributed by atoms with E-state index < -0.39 is 11.6 Å². The van der Waals surface area contributed by atoms with Crippen molar-refractivity contribution in [3.05, 3.63) is 41.5 Å². The second-order valence-corrected chi connectivity index (χ2v) is 9.81. The van der Waals surface area contributed by atoms with Gasteiger partial charge in [0.05, 0.1) is 6.42 Å². The predicted octanol–water partition coefficient (Wildman–Crippen LogP) is 4.65. The molecule has 1 aromatic carbocycles. The number of piperidine rings is 1. The second kappa shape index (κ2) is 9.86. The van der Waals surface area contributed by atoms with Gasteiger partial charge in [-0.25, -0.2) is 4.79 Å². The molecule has 1 heterocycles. The summed E-state index contributed by atoms with van der Waals surface area (Å²) in [6, 6.07) is 10.6. The number of hydrogen-bond acceptors (Lipinski definition) is 4. The Balaban J connectivity index is 1.68. The predicted molar refractivity (Wildman–Crippen MR) is 122 cm³/mol. The van der Waals surface area contributed by atoms with Crippen LogP contribution in [0.5, 0.6) is 0 Å². The lowest BCUT2D eigenvalue weighted by Gasteiger charge is -2.39. The minimum atomic E-state index is -0.765. The summed E-state index contributed by atoms with van der Waals surface area (Å²) in [7, 11) is 0. The van der Waals surface area contributed by atoms with Crippen molar-refractivity contribution >= 4 is 18.1 Å². The number of ether oxygens (including phenoxy) is 1. The molecule has 1 saturated heterocycles. The van der Waals surface area contributed by atoms with Gasteiger partial charge in [0.2, 0.25) is 0 Å². The van der Waals surface area contributed by atoms with E-state index in [2.05, 4.69) is 30.0 Å². The molecule has 1 saturated carbocycles. The van der Waals surface area contributed by atoms with Crippen LogP contribution in [0.3, 0.4) is 0 Å². The third kappa shape index (κ3) is 6.82. The minimum Gasteiger partial charge on any atom is -0.481 e. The average Bonchev–Trinajstić information content (AvgIpc) is 3.47. The molecule has 0 unspecified atom stereocenters. The van der Waals surface area contributed by atoms with E-state index in [9.17, 15) is 9.59 Å². The molecule has 1 aromatic rings. The van der Waals surface area contributed by atoms with Gasteiger partial charge < -0.3 is 19.6 Å². The maximum Gasteiger partial charge on any atom is 0.410 e. The van der Waals surface area contributed by atoms with E-state index >= 15 is 0 Å².